The monoisotopic (exact) mass is 733 g/mol. The van der Waals surface area contributed by atoms with E-state index >= 15 is 0 Å². The molecule has 0 saturated heterocycles. The minimum Gasteiger partial charge on any atom is -0.456 e. The Labute approximate surface area is 331 Å². The molecule has 4 nitrogen and oxygen atoms in total. The van der Waals surface area contributed by atoms with Gasteiger partial charge in [0.05, 0.1) is 0 Å². The topological polar surface area (TPSA) is 51.8 Å². The Morgan fingerprint density at radius 2 is 1.02 bits per heavy atom. The molecule has 0 radical (unpaired) electrons. The number of furan rings is 1. The smallest absolute Gasteiger partial charge is 0.164 e. The highest BCUT2D eigenvalue weighted by Gasteiger charge is 2.61. The van der Waals surface area contributed by atoms with Gasteiger partial charge in [-0.25, -0.2) is 15.0 Å². The first-order valence-electron chi connectivity index (χ1n) is 20.7. The van der Waals surface area contributed by atoms with Crippen LogP contribution in [0.1, 0.15) is 43.2 Å². The Balaban J connectivity index is 0.955. The molecule has 57 heavy (non-hydrogen) atoms. The summed E-state index contributed by atoms with van der Waals surface area (Å²) in [5, 5.41) is 4.96. The molecule has 272 valence electrons. The quantitative estimate of drug-likeness (QED) is 0.181. The normalized spacial score (nSPS) is 22.8. The van der Waals surface area contributed by atoms with Crippen molar-refractivity contribution < 1.29 is 4.42 Å². The SMILES string of the molecule is c1ccc(-c2nc(-c3ccc(-c4ccc5oc6ccccc6c5c4)cc3)nc(-c3ccc4c(c3)C3(c5ccc6ccccc6c5-4)C4CC5CC(C4)CC3C5)n2)cc1. The van der Waals surface area contributed by atoms with Crippen molar-refractivity contribution in [3.05, 3.63) is 163 Å². The van der Waals surface area contributed by atoms with Crippen LogP contribution in [0.25, 0.3) is 89.1 Å². The lowest BCUT2D eigenvalue weighted by molar-refractivity contribution is -0.0399. The molecule has 14 rings (SSSR count). The zero-order valence-electron chi connectivity index (χ0n) is 31.5. The van der Waals surface area contributed by atoms with Crippen LogP contribution in [0.15, 0.2) is 156 Å². The number of hydrogen-bond acceptors (Lipinski definition) is 4. The molecule has 0 atom stereocenters. The van der Waals surface area contributed by atoms with Crippen molar-refractivity contribution >= 4 is 32.7 Å². The average Bonchev–Trinajstić information content (AvgIpc) is 3.79. The molecule has 1 spiro atoms. The van der Waals surface area contributed by atoms with E-state index in [0.29, 0.717) is 23.5 Å². The molecule has 2 heterocycles. The second-order valence-corrected chi connectivity index (χ2v) is 17.2. The van der Waals surface area contributed by atoms with Gasteiger partial charge in [-0.15, -0.1) is 0 Å². The molecule has 0 aliphatic heterocycles. The highest BCUT2D eigenvalue weighted by Crippen LogP contribution is 2.70. The molecule has 5 aliphatic carbocycles. The van der Waals surface area contributed by atoms with E-state index in [1.807, 2.05) is 18.2 Å². The van der Waals surface area contributed by atoms with E-state index in [1.54, 1.807) is 5.56 Å². The van der Waals surface area contributed by atoms with E-state index in [-0.39, 0.29) is 5.41 Å². The largest absolute Gasteiger partial charge is 0.456 e. The Hall–Kier alpha value is -6.39. The molecular weight excluding hydrogens is 695 g/mol. The van der Waals surface area contributed by atoms with E-state index in [1.165, 1.54) is 59.6 Å². The maximum Gasteiger partial charge on any atom is 0.164 e. The standard InChI is InChI=1S/C53H39N3O/c1-2-9-35(10-3-1)50-54-51(36-16-14-33(15-17-36)37-20-23-48-44(29-37)42-12-6-7-13-47(42)57-48)56-52(55-50)38-18-21-43-46(30-38)53(39-25-31-24-32(27-39)28-40(53)26-31)45-22-19-34-8-4-5-11-41(34)49(43)45/h1-23,29-32,39-40H,24-28H2. The predicted octanol–water partition coefficient (Wildman–Crippen LogP) is 13.3. The van der Waals surface area contributed by atoms with Gasteiger partial charge in [0, 0.05) is 32.9 Å². The molecule has 4 fully saturated rings. The second-order valence-electron chi connectivity index (χ2n) is 17.2. The van der Waals surface area contributed by atoms with Crippen LogP contribution in [-0.4, -0.2) is 15.0 Å². The number of hydrogen-bond donors (Lipinski definition) is 0. The summed E-state index contributed by atoms with van der Waals surface area (Å²) < 4.78 is 6.11. The summed E-state index contributed by atoms with van der Waals surface area (Å²) in [6.45, 7) is 0. The second kappa shape index (κ2) is 11.8. The van der Waals surface area contributed by atoms with Gasteiger partial charge in [-0.3, -0.25) is 0 Å². The van der Waals surface area contributed by atoms with Crippen molar-refractivity contribution in [2.24, 2.45) is 23.7 Å². The summed E-state index contributed by atoms with van der Waals surface area (Å²) in [7, 11) is 0. The van der Waals surface area contributed by atoms with Gasteiger partial charge >= 0.3 is 0 Å². The van der Waals surface area contributed by atoms with Gasteiger partial charge in [-0.2, -0.15) is 0 Å². The van der Waals surface area contributed by atoms with Crippen LogP contribution in [0.2, 0.25) is 0 Å². The third-order valence-corrected chi connectivity index (χ3v) is 14.3. The molecule has 0 amide bonds. The lowest BCUT2D eigenvalue weighted by Gasteiger charge is -2.61. The van der Waals surface area contributed by atoms with E-state index in [0.717, 1.165) is 67.4 Å². The van der Waals surface area contributed by atoms with Crippen molar-refractivity contribution in [3.8, 4) is 56.4 Å². The van der Waals surface area contributed by atoms with Crippen molar-refractivity contribution in [2.75, 3.05) is 0 Å². The van der Waals surface area contributed by atoms with Crippen LogP contribution in [0, 0.1) is 23.7 Å². The van der Waals surface area contributed by atoms with Gasteiger partial charge in [0.25, 0.3) is 0 Å². The number of nitrogens with zero attached hydrogens (tertiary/aromatic N) is 3. The molecule has 7 aromatic carbocycles. The number of benzene rings is 7. The summed E-state index contributed by atoms with van der Waals surface area (Å²) in [5.74, 6) is 5.21. The summed E-state index contributed by atoms with van der Waals surface area (Å²) >= 11 is 0. The first-order chi connectivity index (χ1) is 28.2. The molecular formula is C53H39N3O. The Bertz CT molecular complexity index is 3060. The fraction of sp³-hybridized carbons (Fsp3) is 0.189. The molecule has 4 heteroatoms. The maximum atomic E-state index is 6.11. The van der Waals surface area contributed by atoms with Crippen molar-refractivity contribution in [1.82, 2.24) is 15.0 Å². The zero-order chi connectivity index (χ0) is 37.2. The van der Waals surface area contributed by atoms with Gasteiger partial charge in [0.1, 0.15) is 11.2 Å². The first kappa shape index (κ1) is 31.8. The fourth-order valence-corrected chi connectivity index (χ4v) is 12.2. The number of fused-ring (bicyclic) bond motifs is 8. The number of rotatable bonds is 4. The molecule has 2 aromatic heterocycles. The van der Waals surface area contributed by atoms with Gasteiger partial charge in [0.2, 0.25) is 0 Å². The minimum absolute atomic E-state index is 0.0395. The molecule has 9 aromatic rings. The molecule has 0 N–H and O–H groups in total. The van der Waals surface area contributed by atoms with Crippen molar-refractivity contribution in [1.29, 1.82) is 0 Å². The van der Waals surface area contributed by atoms with Crippen LogP contribution in [0.3, 0.4) is 0 Å². The maximum absolute atomic E-state index is 6.11. The van der Waals surface area contributed by atoms with Gasteiger partial charge in [-0.1, -0.05) is 127 Å². The van der Waals surface area contributed by atoms with Crippen LogP contribution in [0.4, 0.5) is 0 Å². The van der Waals surface area contributed by atoms with E-state index in [4.69, 9.17) is 19.4 Å². The molecule has 0 unspecified atom stereocenters. The van der Waals surface area contributed by atoms with E-state index < -0.39 is 0 Å². The van der Waals surface area contributed by atoms with Gasteiger partial charge in [-0.05, 0) is 124 Å². The lowest BCUT2D eigenvalue weighted by atomic mass is 9.43. The molecule has 5 aliphatic rings. The first-order valence-corrected chi connectivity index (χ1v) is 20.7. The fourth-order valence-electron chi connectivity index (χ4n) is 12.2. The Morgan fingerprint density at radius 1 is 0.421 bits per heavy atom. The van der Waals surface area contributed by atoms with Crippen LogP contribution in [0.5, 0.6) is 0 Å². The summed E-state index contributed by atoms with van der Waals surface area (Å²) in [6, 6.07) is 54.7. The number of para-hydroxylation sites is 1. The highest BCUT2D eigenvalue weighted by molar-refractivity contribution is 6.06. The Kier molecular flexibility index (Phi) is 6.59. The third-order valence-electron chi connectivity index (χ3n) is 14.3. The van der Waals surface area contributed by atoms with Crippen molar-refractivity contribution in [3.63, 3.8) is 0 Å². The summed E-state index contributed by atoms with van der Waals surface area (Å²) in [5.41, 5.74) is 13.1. The van der Waals surface area contributed by atoms with Crippen LogP contribution >= 0.6 is 0 Å². The molecule has 4 saturated carbocycles. The van der Waals surface area contributed by atoms with Gasteiger partial charge < -0.3 is 4.42 Å². The Morgan fingerprint density at radius 3 is 1.79 bits per heavy atom. The summed E-state index contributed by atoms with van der Waals surface area (Å²) in [4.78, 5) is 15.6. The average molecular weight is 734 g/mol. The van der Waals surface area contributed by atoms with E-state index in [2.05, 4.69) is 133 Å². The van der Waals surface area contributed by atoms with Gasteiger partial charge in [0.15, 0.2) is 17.5 Å². The number of aromatic nitrogens is 3. The lowest BCUT2D eigenvalue weighted by Crippen LogP contribution is -2.55. The summed E-state index contributed by atoms with van der Waals surface area (Å²) in [6.07, 6.45) is 6.83. The predicted molar refractivity (Wildman–Crippen MR) is 230 cm³/mol. The van der Waals surface area contributed by atoms with Crippen molar-refractivity contribution in [2.45, 2.75) is 37.5 Å². The van der Waals surface area contributed by atoms with E-state index in [9.17, 15) is 0 Å². The zero-order valence-corrected chi connectivity index (χ0v) is 31.5. The molecule has 4 bridgehead atoms. The third kappa shape index (κ3) is 4.58. The van der Waals surface area contributed by atoms with Crippen LogP contribution < -0.4 is 0 Å². The minimum atomic E-state index is 0.0395. The highest BCUT2D eigenvalue weighted by atomic mass is 16.3. The van der Waals surface area contributed by atoms with Crippen LogP contribution in [-0.2, 0) is 5.41 Å².